The van der Waals surface area contributed by atoms with Crippen molar-refractivity contribution in [3.05, 3.63) is 35.6 Å². The van der Waals surface area contributed by atoms with Crippen molar-refractivity contribution < 1.29 is 9.18 Å². The van der Waals surface area contributed by atoms with E-state index in [1.165, 1.54) is 18.9 Å². The second kappa shape index (κ2) is 7.43. The first-order chi connectivity index (χ1) is 11.1. The number of rotatable bonds is 3. The molecule has 1 amide bonds. The van der Waals surface area contributed by atoms with Gasteiger partial charge in [-0.1, -0.05) is 25.1 Å². The summed E-state index contributed by atoms with van der Waals surface area (Å²) in [7, 11) is 0. The van der Waals surface area contributed by atoms with Crippen LogP contribution in [0.5, 0.6) is 0 Å². The molecule has 0 bridgehead atoms. The topological polar surface area (TPSA) is 23.6 Å². The number of amides is 1. The highest BCUT2D eigenvalue weighted by atomic mass is 19.1. The van der Waals surface area contributed by atoms with Crippen molar-refractivity contribution in [2.75, 3.05) is 19.6 Å². The minimum Gasteiger partial charge on any atom is -0.338 e. The van der Waals surface area contributed by atoms with E-state index in [0.717, 1.165) is 38.4 Å². The summed E-state index contributed by atoms with van der Waals surface area (Å²) in [6.45, 7) is 5.78. The first kappa shape index (κ1) is 16.4. The fourth-order valence-corrected chi connectivity index (χ4v) is 3.78. The number of carbonyl (C=O) groups excluding carboxylic acids is 1. The van der Waals surface area contributed by atoms with E-state index in [-0.39, 0.29) is 11.7 Å². The third-order valence-electron chi connectivity index (χ3n) is 5.43. The molecule has 0 aliphatic carbocycles. The Labute approximate surface area is 138 Å². The highest BCUT2D eigenvalue weighted by Crippen LogP contribution is 2.24. The first-order valence-electron chi connectivity index (χ1n) is 8.88. The number of hydrogen-bond acceptors (Lipinski definition) is 2. The highest BCUT2D eigenvalue weighted by Gasteiger charge is 2.28. The zero-order chi connectivity index (χ0) is 16.2. The molecule has 0 aromatic heterocycles. The van der Waals surface area contributed by atoms with Crippen molar-refractivity contribution in [2.45, 2.75) is 51.6 Å². The van der Waals surface area contributed by atoms with Crippen molar-refractivity contribution in [2.24, 2.45) is 5.92 Å². The minimum atomic E-state index is -0.217. The quantitative estimate of drug-likeness (QED) is 0.852. The summed E-state index contributed by atoms with van der Waals surface area (Å²) in [4.78, 5) is 16.8. The van der Waals surface area contributed by atoms with E-state index in [9.17, 15) is 9.18 Å². The van der Waals surface area contributed by atoms with E-state index >= 15 is 0 Å². The van der Waals surface area contributed by atoms with Crippen LogP contribution < -0.4 is 0 Å². The molecule has 0 spiro atoms. The fourth-order valence-electron chi connectivity index (χ4n) is 3.78. The second-order valence-corrected chi connectivity index (χ2v) is 7.11. The summed E-state index contributed by atoms with van der Waals surface area (Å²) in [6, 6.07) is 7.28. The molecule has 3 nitrogen and oxygen atoms in total. The van der Waals surface area contributed by atoms with Gasteiger partial charge in [0.25, 0.3) is 0 Å². The summed E-state index contributed by atoms with van der Waals surface area (Å²) in [5.74, 6) is 0.781. The van der Waals surface area contributed by atoms with Crippen LogP contribution in [0.15, 0.2) is 24.3 Å². The van der Waals surface area contributed by atoms with E-state index in [4.69, 9.17) is 0 Å². The van der Waals surface area contributed by atoms with Crippen LogP contribution in [0.4, 0.5) is 4.39 Å². The van der Waals surface area contributed by atoms with Crippen LogP contribution in [0.2, 0.25) is 0 Å². The van der Waals surface area contributed by atoms with Gasteiger partial charge in [-0.3, -0.25) is 4.79 Å². The van der Waals surface area contributed by atoms with Crippen LogP contribution in [0.25, 0.3) is 0 Å². The summed E-state index contributed by atoms with van der Waals surface area (Å²) >= 11 is 0. The van der Waals surface area contributed by atoms with Gasteiger partial charge >= 0.3 is 0 Å². The lowest BCUT2D eigenvalue weighted by molar-refractivity contribution is -0.131. The second-order valence-electron chi connectivity index (χ2n) is 7.11. The Morgan fingerprint density at radius 1 is 1.09 bits per heavy atom. The van der Waals surface area contributed by atoms with Gasteiger partial charge in [-0.05, 0) is 50.8 Å². The van der Waals surface area contributed by atoms with Crippen molar-refractivity contribution in [1.29, 1.82) is 0 Å². The smallest absolute Gasteiger partial charge is 0.222 e. The average Bonchev–Trinajstić information content (AvgIpc) is 2.73. The fraction of sp³-hybridized carbons (Fsp3) is 0.632. The van der Waals surface area contributed by atoms with Crippen LogP contribution in [0.1, 0.15) is 44.6 Å². The molecule has 2 aliphatic heterocycles. The van der Waals surface area contributed by atoms with Gasteiger partial charge in [-0.15, -0.1) is 0 Å². The van der Waals surface area contributed by atoms with Crippen LogP contribution in [-0.4, -0.2) is 41.4 Å². The van der Waals surface area contributed by atoms with Crippen LogP contribution >= 0.6 is 0 Å². The third-order valence-corrected chi connectivity index (χ3v) is 5.43. The molecule has 2 fully saturated rings. The summed E-state index contributed by atoms with van der Waals surface area (Å²) in [6.07, 6.45) is 5.08. The molecule has 1 aromatic rings. The number of nitrogens with zero attached hydrogens (tertiary/aromatic N) is 2. The maximum Gasteiger partial charge on any atom is 0.222 e. The molecule has 126 valence electrons. The van der Waals surface area contributed by atoms with Gasteiger partial charge in [-0.2, -0.15) is 0 Å². The number of likely N-dealkylation sites (tertiary alicyclic amines) is 2. The number of piperidine rings is 1. The van der Waals surface area contributed by atoms with E-state index in [1.54, 1.807) is 12.1 Å². The van der Waals surface area contributed by atoms with E-state index in [2.05, 4.69) is 11.8 Å². The molecule has 1 aromatic carbocycles. The average molecular weight is 318 g/mol. The van der Waals surface area contributed by atoms with Crippen molar-refractivity contribution >= 4 is 5.91 Å². The first-order valence-corrected chi connectivity index (χ1v) is 8.88. The number of hydrogen-bond donors (Lipinski definition) is 0. The molecule has 1 atom stereocenters. The predicted octanol–water partition coefficient (Wildman–Crippen LogP) is 3.44. The largest absolute Gasteiger partial charge is 0.338 e. The van der Waals surface area contributed by atoms with E-state index in [1.807, 2.05) is 11.0 Å². The maximum atomic E-state index is 13.8. The third kappa shape index (κ3) is 4.11. The van der Waals surface area contributed by atoms with Gasteiger partial charge in [0.05, 0.1) is 0 Å². The number of halogens is 1. The molecular weight excluding hydrogens is 291 g/mol. The summed E-state index contributed by atoms with van der Waals surface area (Å²) in [5, 5.41) is 0. The van der Waals surface area contributed by atoms with Crippen molar-refractivity contribution in [3.8, 4) is 0 Å². The van der Waals surface area contributed by atoms with Crippen LogP contribution in [-0.2, 0) is 11.3 Å². The summed E-state index contributed by atoms with van der Waals surface area (Å²) < 4.78 is 13.8. The Hall–Kier alpha value is -1.42. The molecule has 0 N–H and O–H groups in total. The molecule has 0 saturated carbocycles. The Morgan fingerprint density at radius 3 is 2.57 bits per heavy atom. The van der Waals surface area contributed by atoms with Gasteiger partial charge < -0.3 is 9.80 Å². The van der Waals surface area contributed by atoms with E-state index in [0.29, 0.717) is 24.6 Å². The molecule has 3 rings (SSSR count). The van der Waals surface area contributed by atoms with Gasteiger partial charge in [-0.25, -0.2) is 4.39 Å². The SMILES string of the molecule is CC1CCN(C2CCC(=O)N(Cc3ccccc3F)CC2)CC1. The number of benzene rings is 1. The van der Waals surface area contributed by atoms with Crippen LogP contribution in [0, 0.1) is 11.7 Å². The molecule has 23 heavy (non-hydrogen) atoms. The lowest BCUT2D eigenvalue weighted by Gasteiger charge is -2.36. The van der Waals surface area contributed by atoms with Gasteiger partial charge in [0.1, 0.15) is 5.82 Å². The zero-order valence-electron chi connectivity index (χ0n) is 14.0. The molecule has 0 radical (unpaired) electrons. The molecule has 4 heteroatoms. The predicted molar refractivity (Wildman–Crippen MR) is 89.4 cm³/mol. The minimum absolute atomic E-state index is 0.168. The zero-order valence-corrected chi connectivity index (χ0v) is 14.0. The Morgan fingerprint density at radius 2 is 1.83 bits per heavy atom. The van der Waals surface area contributed by atoms with E-state index < -0.39 is 0 Å². The molecule has 2 heterocycles. The Bertz CT molecular complexity index is 540. The lowest BCUT2D eigenvalue weighted by Crippen LogP contribution is -2.41. The van der Waals surface area contributed by atoms with Gasteiger partial charge in [0, 0.05) is 31.1 Å². The van der Waals surface area contributed by atoms with Crippen molar-refractivity contribution in [3.63, 3.8) is 0 Å². The van der Waals surface area contributed by atoms with Gasteiger partial charge in [0.15, 0.2) is 0 Å². The lowest BCUT2D eigenvalue weighted by atomic mass is 9.96. The van der Waals surface area contributed by atoms with Gasteiger partial charge in [0.2, 0.25) is 5.91 Å². The normalized spacial score (nSPS) is 24.7. The molecule has 2 aliphatic rings. The Balaban J connectivity index is 1.60. The van der Waals surface area contributed by atoms with Crippen LogP contribution in [0.3, 0.4) is 0 Å². The highest BCUT2D eigenvalue weighted by molar-refractivity contribution is 5.76. The standard InChI is InChI=1S/C19H27FN2O/c1-15-8-11-21(12-9-15)17-6-7-19(23)22(13-10-17)14-16-4-2-3-5-18(16)20/h2-5,15,17H,6-14H2,1H3. The molecule has 2 saturated heterocycles. The number of carbonyl (C=O) groups is 1. The maximum absolute atomic E-state index is 13.8. The molecular formula is C19H27FN2O. The summed E-state index contributed by atoms with van der Waals surface area (Å²) in [5.41, 5.74) is 0.617. The Kier molecular flexibility index (Phi) is 5.31. The monoisotopic (exact) mass is 318 g/mol. The van der Waals surface area contributed by atoms with Crippen molar-refractivity contribution in [1.82, 2.24) is 9.80 Å². The molecule has 1 unspecified atom stereocenters.